The lowest BCUT2D eigenvalue weighted by atomic mass is 9.94. The molecule has 14 heteroatoms. The summed E-state index contributed by atoms with van der Waals surface area (Å²) in [6.07, 6.45) is 4.79. The lowest BCUT2D eigenvalue weighted by Crippen LogP contribution is -2.49. The molecular formula is C29H33FN6O6S. The van der Waals surface area contributed by atoms with Crippen molar-refractivity contribution in [2.24, 2.45) is 0 Å². The van der Waals surface area contributed by atoms with Crippen LogP contribution in [0, 0.1) is 12.7 Å². The van der Waals surface area contributed by atoms with Crippen LogP contribution in [0.5, 0.6) is 5.75 Å². The number of aryl methyl sites for hydroxylation is 1. The smallest absolute Gasteiger partial charge is 0.332 e. The topological polar surface area (TPSA) is 142 Å². The predicted molar refractivity (Wildman–Crippen MR) is 156 cm³/mol. The molecule has 1 aliphatic heterocycles. The molecule has 1 saturated carbocycles. The Labute approximate surface area is 249 Å². The summed E-state index contributed by atoms with van der Waals surface area (Å²) < 4.78 is 29.3. The fourth-order valence-electron chi connectivity index (χ4n) is 6.05. The maximum atomic E-state index is 14.6. The van der Waals surface area contributed by atoms with Gasteiger partial charge >= 0.3 is 5.69 Å². The molecule has 1 aliphatic carbocycles. The fourth-order valence-corrected chi connectivity index (χ4v) is 7.27. The Bertz CT molecular complexity index is 1760. The molecule has 228 valence electrons. The van der Waals surface area contributed by atoms with Crippen LogP contribution < -0.4 is 21.3 Å². The highest BCUT2D eigenvalue weighted by Crippen LogP contribution is 2.36. The predicted octanol–water partition coefficient (Wildman–Crippen LogP) is 2.77. The summed E-state index contributed by atoms with van der Waals surface area (Å²) in [5.74, 6) is -0.502. The van der Waals surface area contributed by atoms with Crippen LogP contribution in [0.1, 0.15) is 61.8 Å². The third-order valence-corrected chi connectivity index (χ3v) is 9.55. The minimum Gasteiger partial charge on any atom is -0.496 e. The monoisotopic (exact) mass is 612 g/mol. The van der Waals surface area contributed by atoms with Crippen molar-refractivity contribution in [1.29, 1.82) is 0 Å². The van der Waals surface area contributed by atoms with Gasteiger partial charge in [0, 0.05) is 17.7 Å². The van der Waals surface area contributed by atoms with Crippen LogP contribution in [0.2, 0.25) is 0 Å². The van der Waals surface area contributed by atoms with Crippen LogP contribution in [0.15, 0.2) is 40.2 Å². The highest BCUT2D eigenvalue weighted by Gasteiger charge is 2.33. The van der Waals surface area contributed by atoms with Gasteiger partial charge in [-0.05, 0) is 63.6 Å². The molecule has 0 spiro atoms. The van der Waals surface area contributed by atoms with E-state index in [1.165, 1.54) is 58.4 Å². The van der Waals surface area contributed by atoms with Gasteiger partial charge in [0.15, 0.2) is 0 Å². The number of fused-ring (bicyclic) bond motifs is 1. The lowest BCUT2D eigenvalue weighted by molar-refractivity contribution is -0.126. The number of piperidine rings is 1. The molecule has 2 atom stereocenters. The molecular weight excluding hydrogens is 579 g/mol. The molecule has 12 nitrogen and oxygen atoms in total. The Balaban J connectivity index is 1.55. The number of methoxy groups -OCH3 is 1. The van der Waals surface area contributed by atoms with Gasteiger partial charge < -0.3 is 19.9 Å². The van der Waals surface area contributed by atoms with Gasteiger partial charge in [-0.3, -0.25) is 14.2 Å². The van der Waals surface area contributed by atoms with Crippen LogP contribution in [-0.4, -0.2) is 61.0 Å². The van der Waals surface area contributed by atoms with Crippen molar-refractivity contribution in [3.8, 4) is 10.8 Å². The maximum absolute atomic E-state index is 14.6. The molecule has 2 aliphatic rings. The first kappa shape index (κ1) is 29.2. The number of hydrogen-bond donors (Lipinski definition) is 2. The van der Waals surface area contributed by atoms with Gasteiger partial charge in [0.05, 0.1) is 43.6 Å². The maximum Gasteiger partial charge on any atom is 0.332 e. The first-order valence-corrected chi connectivity index (χ1v) is 15.2. The number of nitrogens with zero attached hydrogens (tertiary/aromatic N) is 5. The number of aromatic nitrogens is 5. The number of ether oxygens (including phenoxy) is 2. The van der Waals surface area contributed by atoms with Gasteiger partial charge in [0.25, 0.3) is 5.56 Å². The molecule has 0 radical (unpaired) electrons. The number of hydrogen-bond acceptors (Lipinski definition) is 9. The molecule has 3 aromatic heterocycles. The normalized spacial score (nSPS) is 21.6. The zero-order valence-corrected chi connectivity index (χ0v) is 24.7. The van der Waals surface area contributed by atoms with Crippen molar-refractivity contribution in [2.75, 3.05) is 13.7 Å². The van der Waals surface area contributed by atoms with Crippen molar-refractivity contribution in [3.05, 3.63) is 68.4 Å². The van der Waals surface area contributed by atoms with E-state index < -0.39 is 41.2 Å². The molecule has 1 unspecified atom stereocenters. The van der Waals surface area contributed by atoms with E-state index in [0.29, 0.717) is 71.8 Å². The third-order valence-electron chi connectivity index (χ3n) is 8.27. The van der Waals surface area contributed by atoms with E-state index in [2.05, 4.69) is 15.5 Å². The summed E-state index contributed by atoms with van der Waals surface area (Å²) >= 11 is 1.18. The van der Waals surface area contributed by atoms with Gasteiger partial charge in [0.1, 0.15) is 33.5 Å². The summed E-state index contributed by atoms with van der Waals surface area (Å²) in [4.78, 5) is 43.0. The quantitative estimate of drug-likeness (QED) is 0.309. The summed E-state index contributed by atoms with van der Waals surface area (Å²) in [5, 5.41) is 22.1. The zero-order chi connectivity index (χ0) is 30.2. The number of thiophene rings is 1. The molecule has 4 heterocycles. The molecule has 1 amide bonds. The van der Waals surface area contributed by atoms with Crippen molar-refractivity contribution in [3.63, 3.8) is 0 Å². The van der Waals surface area contributed by atoms with E-state index in [1.54, 1.807) is 6.92 Å². The second-order valence-corrected chi connectivity index (χ2v) is 12.0. The SMILES string of the molecule is COc1ccc(F)cc1[C@H](Cn1c(=O)n(C2CCCNC2=O)c(=O)c2c(C)c(-n3nccn3)sc21)OC1CCC(O)CC1. The van der Waals surface area contributed by atoms with Crippen molar-refractivity contribution in [2.45, 2.75) is 76.3 Å². The van der Waals surface area contributed by atoms with E-state index in [1.807, 2.05) is 0 Å². The standard InChI is InChI=1S/C29H33FN6O6S/c1-16-24-26(39)35(21-4-3-11-31-25(21)38)29(40)34(28(24)43-27(16)36-32-12-13-33-36)15-23(42-19-8-6-18(37)7-9-19)20-14-17(30)5-10-22(20)41-2/h5,10,12-14,18-19,21,23,37H,3-4,6-9,11,15H2,1-2H3,(H,31,38)/t18?,19?,21?,23-/m0/s1. The summed E-state index contributed by atoms with van der Waals surface area (Å²) in [6, 6.07) is 3.15. The number of carbonyl (C=O) groups excluding carboxylic acids is 1. The third kappa shape index (κ3) is 5.50. The minimum atomic E-state index is -0.974. The van der Waals surface area contributed by atoms with E-state index in [-0.39, 0.29) is 18.0 Å². The van der Waals surface area contributed by atoms with Crippen LogP contribution >= 0.6 is 11.3 Å². The molecule has 6 rings (SSSR count). The van der Waals surface area contributed by atoms with Gasteiger partial charge in [-0.25, -0.2) is 13.8 Å². The van der Waals surface area contributed by atoms with E-state index in [0.717, 1.165) is 4.57 Å². The summed E-state index contributed by atoms with van der Waals surface area (Å²) in [5.41, 5.74) is -0.248. The average Bonchev–Trinajstić information content (AvgIpc) is 3.65. The number of nitrogens with one attached hydrogen (secondary N) is 1. The Kier molecular flexibility index (Phi) is 8.16. The van der Waals surface area contributed by atoms with Gasteiger partial charge in [-0.2, -0.15) is 10.2 Å². The van der Waals surface area contributed by atoms with E-state index >= 15 is 0 Å². The Morgan fingerprint density at radius 2 is 1.88 bits per heavy atom. The van der Waals surface area contributed by atoms with Gasteiger partial charge in [0.2, 0.25) is 5.91 Å². The average molecular weight is 613 g/mol. The Hall–Kier alpha value is -3.88. The number of amides is 1. The number of benzene rings is 1. The van der Waals surface area contributed by atoms with E-state index in [4.69, 9.17) is 9.47 Å². The summed E-state index contributed by atoms with van der Waals surface area (Å²) in [6.45, 7) is 2.14. The molecule has 2 fully saturated rings. The largest absolute Gasteiger partial charge is 0.496 e. The van der Waals surface area contributed by atoms with Crippen LogP contribution in [-0.2, 0) is 16.1 Å². The number of aliphatic hydroxyl groups excluding tert-OH is 1. The fraction of sp³-hybridized carbons (Fsp3) is 0.483. The number of halogens is 1. The summed E-state index contributed by atoms with van der Waals surface area (Å²) in [7, 11) is 1.48. The molecule has 43 heavy (non-hydrogen) atoms. The van der Waals surface area contributed by atoms with Gasteiger partial charge in [-0.15, -0.1) is 4.80 Å². The lowest BCUT2D eigenvalue weighted by Gasteiger charge is -2.31. The zero-order valence-electron chi connectivity index (χ0n) is 23.9. The highest BCUT2D eigenvalue weighted by atomic mass is 32.1. The first-order chi connectivity index (χ1) is 20.8. The minimum absolute atomic E-state index is 0.0885. The second kappa shape index (κ2) is 12.0. The molecule has 1 saturated heterocycles. The Morgan fingerprint density at radius 3 is 2.58 bits per heavy atom. The second-order valence-electron chi connectivity index (χ2n) is 11.0. The number of carbonyl (C=O) groups is 1. The number of aliphatic hydroxyl groups is 1. The molecule has 2 N–H and O–H groups in total. The Morgan fingerprint density at radius 1 is 1.14 bits per heavy atom. The van der Waals surface area contributed by atoms with Crippen LogP contribution in [0.4, 0.5) is 4.39 Å². The molecule has 1 aromatic carbocycles. The van der Waals surface area contributed by atoms with Crippen LogP contribution in [0.25, 0.3) is 15.2 Å². The van der Waals surface area contributed by atoms with Crippen LogP contribution in [0.3, 0.4) is 0 Å². The first-order valence-electron chi connectivity index (χ1n) is 14.4. The molecule has 0 bridgehead atoms. The van der Waals surface area contributed by atoms with Crippen molar-refractivity contribution in [1.82, 2.24) is 29.4 Å². The highest BCUT2D eigenvalue weighted by molar-refractivity contribution is 7.21. The van der Waals surface area contributed by atoms with Crippen molar-refractivity contribution >= 4 is 27.5 Å². The van der Waals surface area contributed by atoms with Crippen molar-refractivity contribution < 1.29 is 23.8 Å². The van der Waals surface area contributed by atoms with E-state index in [9.17, 15) is 23.9 Å². The van der Waals surface area contributed by atoms with Gasteiger partial charge in [-0.1, -0.05) is 11.3 Å². The molecule has 4 aromatic rings. The number of rotatable bonds is 8.